The van der Waals surface area contributed by atoms with Gasteiger partial charge in [-0.25, -0.2) is 0 Å². The van der Waals surface area contributed by atoms with Gasteiger partial charge in [0, 0.05) is 18.6 Å². The Morgan fingerprint density at radius 2 is 1.78 bits per heavy atom. The zero-order valence-corrected chi connectivity index (χ0v) is 12.2. The van der Waals surface area contributed by atoms with Crippen LogP contribution in [0.15, 0.2) is 30.3 Å². The molecule has 2 nitrogen and oxygen atoms in total. The lowest BCUT2D eigenvalue weighted by Crippen LogP contribution is -2.44. The Morgan fingerprint density at radius 1 is 1.17 bits per heavy atom. The van der Waals surface area contributed by atoms with E-state index in [1.54, 1.807) is 0 Å². The van der Waals surface area contributed by atoms with Gasteiger partial charge in [0.05, 0.1) is 0 Å². The molecule has 2 rings (SSSR count). The molecular formula is C15H25ClN2. The molecule has 1 aromatic rings. The zero-order valence-electron chi connectivity index (χ0n) is 11.4. The molecule has 1 saturated heterocycles. The van der Waals surface area contributed by atoms with Crippen molar-refractivity contribution in [3.63, 3.8) is 0 Å². The van der Waals surface area contributed by atoms with Crippen molar-refractivity contribution in [2.75, 3.05) is 13.1 Å². The average Bonchev–Trinajstić information content (AvgIpc) is 2.32. The third-order valence-corrected chi connectivity index (χ3v) is 3.41. The van der Waals surface area contributed by atoms with Crippen molar-refractivity contribution in [3.05, 3.63) is 35.9 Å². The number of nitrogens with one attached hydrogen (secondary N) is 1. The number of likely N-dealkylation sites (tertiary alicyclic amines) is 1. The molecule has 0 saturated carbocycles. The maximum Gasteiger partial charge on any atom is 0.0233 e. The second-order valence-corrected chi connectivity index (χ2v) is 5.36. The minimum atomic E-state index is 0. The van der Waals surface area contributed by atoms with Crippen LogP contribution in [0.25, 0.3) is 0 Å². The molecule has 0 atom stereocenters. The number of nitrogens with zero attached hydrogens (tertiary/aromatic N) is 1. The summed E-state index contributed by atoms with van der Waals surface area (Å²) in [4.78, 5) is 2.56. The van der Waals surface area contributed by atoms with Gasteiger partial charge in [-0.2, -0.15) is 0 Å². The van der Waals surface area contributed by atoms with Crippen LogP contribution in [0, 0.1) is 0 Å². The molecule has 18 heavy (non-hydrogen) atoms. The molecule has 0 bridgehead atoms. The second kappa shape index (κ2) is 7.78. The summed E-state index contributed by atoms with van der Waals surface area (Å²) in [7, 11) is 0. The van der Waals surface area contributed by atoms with E-state index >= 15 is 0 Å². The SMILES string of the molecule is CC(C)NC1CCN(Cc2ccccc2)CC1.Cl. The minimum absolute atomic E-state index is 0. The predicted molar refractivity (Wildman–Crippen MR) is 80.3 cm³/mol. The van der Waals surface area contributed by atoms with Crippen molar-refractivity contribution in [1.29, 1.82) is 0 Å². The van der Waals surface area contributed by atoms with Crippen LogP contribution < -0.4 is 5.32 Å². The van der Waals surface area contributed by atoms with Crippen LogP contribution in [0.1, 0.15) is 32.3 Å². The number of hydrogen-bond donors (Lipinski definition) is 1. The fourth-order valence-electron chi connectivity index (χ4n) is 2.57. The summed E-state index contributed by atoms with van der Waals surface area (Å²) in [5.41, 5.74) is 1.43. The van der Waals surface area contributed by atoms with E-state index in [4.69, 9.17) is 0 Å². The van der Waals surface area contributed by atoms with Crippen LogP contribution in [0.2, 0.25) is 0 Å². The highest BCUT2D eigenvalue weighted by Gasteiger charge is 2.19. The molecule has 0 amide bonds. The molecule has 1 aliphatic heterocycles. The van der Waals surface area contributed by atoms with Crippen molar-refractivity contribution >= 4 is 12.4 Å². The van der Waals surface area contributed by atoms with Crippen LogP contribution in [-0.4, -0.2) is 30.1 Å². The van der Waals surface area contributed by atoms with Gasteiger partial charge in [0.2, 0.25) is 0 Å². The maximum absolute atomic E-state index is 3.64. The zero-order chi connectivity index (χ0) is 12.1. The predicted octanol–water partition coefficient (Wildman–Crippen LogP) is 3.07. The first-order valence-electron chi connectivity index (χ1n) is 6.76. The molecule has 1 heterocycles. The van der Waals surface area contributed by atoms with Crippen molar-refractivity contribution in [2.24, 2.45) is 0 Å². The molecule has 0 unspecified atom stereocenters. The van der Waals surface area contributed by atoms with Crippen LogP contribution in [-0.2, 0) is 6.54 Å². The van der Waals surface area contributed by atoms with Gasteiger partial charge < -0.3 is 5.32 Å². The lowest BCUT2D eigenvalue weighted by atomic mass is 10.0. The monoisotopic (exact) mass is 268 g/mol. The molecule has 102 valence electrons. The molecule has 1 aromatic carbocycles. The van der Waals surface area contributed by atoms with Crippen LogP contribution in [0.5, 0.6) is 0 Å². The van der Waals surface area contributed by atoms with E-state index in [0.717, 1.165) is 12.6 Å². The molecule has 0 spiro atoms. The van der Waals surface area contributed by atoms with Gasteiger partial charge in [-0.1, -0.05) is 44.2 Å². The normalized spacial score (nSPS) is 17.7. The largest absolute Gasteiger partial charge is 0.312 e. The highest BCUT2D eigenvalue weighted by Crippen LogP contribution is 2.14. The van der Waals surface area contributed by atoms with E-state index in [9.17, 15) is 0 Å². The van der Waals surface area contributed by atoms with Crippen LogP contribution in [0.3, 0.4) is 0 Å². The Bertz CT molecular complexity index is 319. The molecule has 0 aromatic heterocycles. The van der Waals surface area contributed by atoms with Crippen LogP contribution >= 0.6 is 12.4 Å². The van der Waals surface area contributed by atoms with Gasteiger partial charge >= 0.3 is 0 Å². The van der Waals surface area contributed by atoms with Crippen molar-refractivity contribution < 1.29 is 0 Å². The van der Waals surface area contributed by atoms with E-state index in [2.05, 4.69) is 54.4 Å². The summed E-state index contributed by atoms with van der Waals surface area (Å²) in [5, 5.41) is 3.64. The Balaban J connectivity index is 0.00000162. The van der Waals surface area contributed by atoms with Gasteiger partial charge in [-0.15, -0.1) is 12.4 Å². The fraction of sp³-hybridized carbons (Fsp3) is 0.600. The summed E-state index contributed by atoms with van der Waals surface area (Å²) in [6, 6.07) is 12.1. The average molecular weight is 269 g/mol. The van der Waals surface area contributed by atoms with E-state index in [0.29, 0.717) is 6.04 Å². The number of benzene rings is 1. The van der Waals surface area contributed by atoms with Crippen molar-refractivity contribution in [2.45, 2.75) is 45.3 Å². The number of hydrogen-bond acceptors (Lipinski definition) is 2. The molecule has 1 fully saturated rings. The molecule has 1 aliphatic rings. The molecule has 3 heteroatoms. The highest BCUT2D eigenvalue weighted by molar-refractivity contribution is 5.85. The standard InChI is InChI=1S/C15H24N2.ClH/c1-13(2)16-15-8-10-17(11-9-15)12-14-6-4-3-5-7-14;/h3-7,13,15-16H,8-12H2,1-2H3;1H. The Hall–Kier alpha value is -0.570. The quantitative estimate of drug-likeness (QED) is 0.903. The van der Waals surface area contributed by atoms with E-state index < -0.39 is 0 Å². The second-order valence-electron chi connectivity index (χ2n) is 5.36. The highest BCUT2D eigenvalue weighted by atomic mass is 35.5. The third kappa shape index (κ3) is 4.97. The van der Waals surface area contributed by atoms with Gasteiger partial charge in [-0.3, -0.25) is 4.90 Å². The molecule has 0 aliphatic carbocycles. The summed E-state index contributed by atoms with van der Waals surface area (Å²) >= 11 is 0. The maximum atomic E-state index is 3.64. The first-order valence-corrected chi connectivity index (χ1v) is 6.76. The topological polar surface area (TPSA) is 15.3 Å². The van der Waals surface area contributed by atoms with Gasteiger partial charge in [0.15, 0.2) is 0 Å². The van der Waals surface area contributed by atoms with E-state index in [1.807, 2.05) is 0 Å². The minimum Gasteiger partial charge on any atom is -0.312 e. The van der Waals surface area contributed by atoms with Gasteiger partial charge in [-0.05, 0) is 31.5 Å². The number of halogens is 1. The smallest absolute Gasteiger partial charge is 0.0233 e. The number of rotatable bonds is 4. The van der Waals surface area contributed by atoms with Crippen LogP contribution in [0.4, 0.5) is 0 Å². The molecule has 1 N–H and O–H groups in total. The van der Waals surface area contributed by atoms with Gasteiger partial charge in [0.25, 0.3) is 0 Å². The third-order valence-electron chi connectivity index (χ3n) is 3.41. The Kier molecular flexibility index (Phi) is 6.69. The van der Waals surface area contributed by atoms with E-state index in [-0.39, 0.29) is 12.4 Å². The summed E-state index contributed by atoms with van der Waals surface area (Å²) in [6.45, 7) is 8.01. The molecular weight excluding hydrogens is 244 g/mol. The van der Waals surface area contributed by atoms with Gasteiger partial charge in [0.1, 0.15) is 0 Å². The first kappa shape index (κ1) is 15.5. The summed E-state index contributed by atoms with van der Waals surface area (Å²) in [5.74, 6) is 0. The summed E-state index contributed by atoms with van der Waals surface area (Å²) < 4.78 is 0. The lowest BCUT2D eigenvalue weighted by molar-refractivity contribution is 0.186. The first-order chi connectivity index (χ1) is 8.24. The summed E-state index contributed by atoms with van der Waals surface area (Å²) in [6.07, 6.45) is 2.57. The fourth-order valence-corrected chi connectivity index (χ4v) is 2.57. The van der Waals surface area contributed by atoms with Crippen molar-refractivity contribution in [1.82, 2.24) is 10.2 Å². The van der Waals surface area contributed by atoms with Crippen molar-refractivity contribution in [3.8, 4) is 0 Å². The molecule has 0 radical (unpaired) electrons. The Labute approximate surface area is 117 Å². The Morgan fingerprint density at radius 3 is 2.33 bits per heavy atom. The number of piperidine rings is 1. The van der Waals surface area contributed by atoms with E-state index in [1.165, 1.54) is 31.5 Å². The lowest BCUT2D eigenvalue weighted by Gasteiger charge is -2.33.